The lowest BCUT2D eigenvalue weighted by Crippen LogP contribution is -2.48. The molecule has 1 fully saturated rings. The average molecular weight is 491 g/mol. The number of methoxy groups -OCH3 is 1. The number of carbonyl (C=O) groups is 1. The van der Waals surface area contributed by atoms with Gasteiger partial charge in [-0.1, -0.05) is 12.1 Å². The third kappa shape index (κ3) is 5.33. The largest absolute Gasteiger partial charge is 0.495 e. The smallest absolute Gasteiger partial charge is 0.239 e. The number of aryl methyl sites for hydroxylation is 1. The SMILES string of the molecule is COc1ccccc1N1CCN(CC(=O)Nc2cc(-c3nccs3)nc(-c3ccc(C)o3)n2)CC1. The fraction of sp³-hybridized carbons (Fsp3) is 0.280. The Balaban J connectivity index is 1.26. The van der Waals surface area contributed by atoms with Crippen LogP contribution in [0.3, 0.4) is 0 Å². The molecular formula is C25H26N6O3S. The molecule has 1 aliphatic rings. The number of amides is 1. The van der Waals surface area contributed by atoms with E-state index in [1.54, 1.807) is 19.4 Å². The predicted octanol–water partition coefficient (Wildman–Crippen LogP) is 3.94. The first-order chi connectivity index (χ1) is 17.1. The molecule has 4 aromatic rings. The molecule has 1 saturated heterocycles. The molecule has 0 aliphatic carbocycles. The summed E-state index contributed by atoms with van der Waals surface area (Å²) in [5.41, 5.74) is 1.72. The van der Waals surface area contributed by atoms with E-state index in [0.29, 0.717) is 23.1 Å². The highest BCUT2D eigenvalue weighted by Gasteiger charge is 2.22. The van der Waals surface area contributed by atoms with Gasteiger partial charge in [-0.15, -0.1) is 11.3 Å². The number of para-hydroxylation sites is 2. The van der Waals surface area contributed by atoms with Crippen molar-refractivity contribution in [3.8, 4) is 28.0 Å². The zero-order valence-electron chi connectivity index (χ0n) is 19.6. The van der Waals surface area contributed by atoms with Crippen LogP contribution in [0.2, 0.25) is 0 Å². The number of hydrogen-bond donors (Lipinski definition) is 1. The molecule has 1 amide bonds. The van der Waals surface area contributed by atoms with Crippen molar-refractivity contribution in [3.63, 3.8) is 0 Å². The number of nitrogens with one attached hydrogen (secondary N) is 1. The van der Waals surface area contributed by atoms with Gasteiger partial charge in [0.2, 0.25) is 5.91 Å². The maximum Gasteiger partial charge on any atom is 0.239 e. The number of furan rings is 1. The number of aromatic nitrogens is 3. The third-order valence-electron chi connectivity index (χ3n) is 5.77. The number of thiazole rings is 1. The average Bonchev–Trinajstić information content (AvgIpc) is 3.57. The van der Waals surface area contributed by atoms with Gasteiger partial charge in [-0.05, 0) is 31.2 Å². The molecule has 0 spiro atoms. The molecule has 0 saturated carbocycles. The molecule has 0 radical (unpaired) electrons. The highest BCUT2D eigenvalue weighted by atomic mass is 32.1. The number of piperazine rings is 1. The number of ether oxygens (including phenoxy) is 1. The van der Waals surface area contributed by atoms with Crippen molar-refractivity contribution in [1.29, 1.82) is 0 Å². The maximum absolute atomic E-state index is 12.9. The second kappa shape index (κ2) is 10.2. The van der Waals surface area contributed by atoms with Crippen molar-refractivity contribution in [2.75, 3.05) is 50.1 Å². The minimum Gasteiger partial charge on any atom is -0.495 e. The van der Waals surface area contributed by atoms with Crippen LogP contribution in [-0.4, -0.2) is 65.6 Å². The monoisotopic (exact) mass is 490 g/mol. The summed E-state index contributed by atoms with van der Waals surface area (Å²) in [6, 6.07) is 13.4. The lowest BCUT2D eigenvalue weighted by atomic mass is 10.2. The van der Waals surface area contributed by atoms with Crippen LogP contribution in [0, 0.1) is 6.92 Å². The Labute approximate surface area is 207 Å². The van der Waals surface area contributed by atoms with Crippen LogP contribution >= 0.6 is 11.3 Å². The van der Waals surface area contributed by atoms with Gasteiger partial charge in [0.15, 0.2) is 11.6 Å². The molecule has 0 atom stereocenters. The second-order valence-corrected chi connectivity index (χ2v) is 9.09. The molecule has 1 N–H and O–H groups in total. The normalized spacial score (nSPS) is 14.2. The minimum atomic E-state index is -0.124. The van der Waals surface area contributed by atoms with E-state index >= 15 is 0 Å². The van der Waals surface area contributed by atoms with E-state index < -0.39 is 0 Å². The molecular weight excluding hydrogens is 464 g/mol. The number of anilines is 2. The zero-order valence-corrected chi connectivity index (χ0v) is 20.4. The van der Waals surface area contributed by atoms with E-state index in [4.69, 9.17) is 9.15 Å². The van der Waals surface area contributed by atoms with Crippen LogP contribution in [0.5, 0.6) is 5.75 Å². The van der Waals surface area contributed by atoms with Crippen molar-refractivity contribution in [2.24, 2.45) is 0 Å². The minimum absolute atomic E-state index is 0.124. The van der Waals surface area contributed by atoms with Crippen LogP contribution in [0.1, 0.15) is 5.76 Å². The van der Waals surface area contributed by atoms with E-state index in [1.807, 2.05) is 42.6 Å². The van der Waals surface area contributed by atoms with Crippen molar-refractivity contribution in [2.45, 2.75) is 6.92 Å². The summed E-state index contributed by atoms with van der Waals surface area (Å²) in [6.07, 6.45) is 1.72. The van der Waals surface area contributed by atoms with E-state index in [2.05, 4.69) is 36.1 Å². The Bertz CT molecular complexity index is 1300. The van der Waals surface area contributed by atoms with Crippen LogP contribution in [0.4, 0.5) is 11.5 Å². The van der Waals surface area contributed by atoms with Crippen molar-refractivity contribution < 1.29 is 13.9 Å². The van der Waals surface area contributed by atoms with Crippen LogP contribution in [0.25, 0.3) is 22.3 Å². The summed E-state index contributed by atoms with van der Waals surface area (Å²) in [6.45, 7) is 5.33. The summed E-state index contributed by atoms with van der Waals surface area (Å²) >= 11 is 1.48. The molecule has 9 nitrogen and oxygen atoms in total. The number of rotatable bonds is 7. The summed E-state index contributed by atoms with van der Waals surface area (Å²) < 4.78 is 11.2. The Morgan fingerprint density at radius 1 is 1.14 bits per heavy atom. The lowest BCUT2D eigenvalue weighted by molar-refractivity contribution is -0.117. The molecule has 0 unspecified atom stereocenters. The first-order valence-electron chi connectivity index (χ1n) is 11.3. The summed E-state index contributed by atoms with van der Waals surface area (Å²) in [7, 11) is 1.69. The van der Waals surface area contributed by atoms with Gasteiger partial charge < -0.3 is 19.4 Å². The standard InChI is InChI=1S/C25H26N6O3S/c1-17-7-8-21(34-17)24-27-18(25-26-9-14-35-25)15-22(29-24)28-23(32)16-30-10-12-31(13-11-30)19-5-3-4-6-20(19)33-2/h3-9,14-15H,10-13,16H2,1-2H3,(H,27,28,29,32). The molecule has 5 rings (SSSR count). The van der Waals surface area contributed by atoms with Gasteiger partial charge in [0.1, 0.15) is 28.0 Å². The highest BCUT2D eigenvalue weighted by molar-refractivity contribution is 7.13. The molecule has 1 aliphatic heterocycles. The number of benzene rings is 1. The Kier molecular flexibility index (Phi) is 6.73. The number of carbonyl (C=O) groups excluding carboxylic acids is 1. The van der Waals surface area contributed by atoms with Crippen molar-refractivity contribution >= 4 is 28.7 Å². The van der Waals surface area contributed by atoms with E-state index in [9.17, 15) is 4.79 Å². The van der Waals surface area contributed by atoms with Crippen molar-refractivity contribution in [1.82, 2.24) is 19.9 Å². The van der Waals surface area contributed by atoms with Gasteiger partial charge in [0.25, 0.3) is 0 Å². The lowest BCUT2D eigenvalue weighted by Gasteiger charge is -2.36. The molecule has 3 aromatic heterocycles. The van der Waals surface area contributed by atoms with Gasteiger partial charge in [-0.2, -0.15) is 0 Å². The van der Waals surface area contributed by atoms with Gasteiger partial charge in [0.05, 0.1) is 19.3 Å². The fourth-order valence-electron chi connectivity index (χ4n) is 4.06. The predicted molar refractivity (Wildman–Crippen MR) is 136 cm³/mol. The van der Waals surface area contributed by atoms with Crippen molar-refractivity contribution in [3.05, 3.63) is 59.8 Å². The molecule has 0 bridgehead atoms. The van der Waals surface area contributed by atoms with Gasteiger partial charge >= 0.3 is 0 Å². The molecule has 1 aromatic carbocycles. The molecule has 180 valence electrons. The Morgan fingerprint density at radius 3 is 2.69 bits per heavy atom. The van der Waals surface area contributed by atoms with Crippen LogP contribution < -0.4 is 15.0 Å². The van der Waals surface area contributed by atoms with E-state index in [1.165, 1.54) is 11.3 Å². The van der Waals surface area contributed by atoms with Gasteiger partial charge in [-0.25, -0.2) is 15.0 Å². The number of hydrogen-bond acceptors (Lipinski definition) is 9. The second-order valence-electron chi connectivity index (χ2n) is 8.19. The zero-order chi connectivity index (χ0) is 24.2. The third-order valence-corrected chi connectivity index (χ3v) is 6.57. The van der Waals surface area contributed by atoms with Crippen LogP contribution in [-0.2, 0) is 4.79 Å². The Hall–Kier alpha value is -3.76. The topological polar surface area (TPSA) is 96.6 Å². The molecule has 35 heavy (non-hydrogen) atoms. The van der Waals surface area contributed by atoms with E-state index in [-0.39, 0.29) is 12.5 Å². The quantitative estimate of drug-likeness (QED) is 0.416. The van der Waals surface area contributed by atoms with Gasteiger partial charge in [-0.3, -0.25) is 9.69 Å². The fourth-order valence-corrected chi connectivity index (χ4v) is 4.66. The summed E-state index contributed by atoms with van der Waals surface area (Å²) in [5, 5.41) is 5.58. The van der Waals surface area contributed by atoms with Crippen LogP contribution in [0.15, 0.2) is 58.5 Å². The Morgan fingerprint density at radius 2 is 1.97 bits per heavy atom. The maximum atomic E-state index is 12.9. The highest BCUT2D eigenvalue weighted by Crippen LogP contribution is 2.29. The van der Waals surface area contributed by atoms with Gasteiger partial charge in [0, 0.05) is 43.8 Å². The summed E-state index contributed by atoms with van der Waals surface area (Å²) in [5.74, 6) is 2.88. The summed E-state index contributed by atoms with van der Waals surface area (Å²) in [4.78, 5) is 30.8. The molecule has 10 heteroatoms. The number of nitrogens with zero attached hydrogens (tertiary/aromatic N) is 5. The molecule has 4 heterocycles. The van der Waals surface area contributed by atoms with E-state index in [0.717, 1.165) is 48.4 Å². The first-order valence-corrected chi connectivity index (χ1v) is 12.2. The first kappa shape index (κ1) is 23.0.